The van der Waals surface area contributed by atoms with Gasteiger partial charge in [0.1, 0.15) is 0 Å². The molecule has 0 aromatic rings. The van der Waals surface area contributed by atoms with Gasteiger partial charge in [-0.15, -0.1) is 0 Å². The van der Waals surface area contributed by atoms with E-state index in [1.807, 2.05) is 0 Å². The molecule has 1 fully saturated rings. The maximum atomic E-state index is 11.5. The fraction of sp³-hybridized carbons (Fsp3) is 0.923. The van der Waals surface area contributed by atoms with E-state index in [1.165, 1.54) is 0 Å². The van der Waals surface area contributed by atoms with Crippen molar-refractivity contribution in [3.63, 3.8) is 0 Å². The second-order valence-electron chi connectivity index (χ2n) is 5.13. The molecule has 0 atom stereocenters. The summed E-state index contributed by atoms with van der Waals surface area (Å²) in [6.07, 6.45) is 5.03. The second-order valence-corrected chi connectivity index (χ2v) is 5.13. The van der Waals surface area contributed by atoms with Gasteiger partial charge in [0.2, 0.25) is 5.91 Å². The summed E-state index contributed by atoms with van der Waals surface area (Å²) in [4.78, 5) is 11.5. The molecule has 94 valence electrons. The van der Waals surface area contributed by atoms with Gasteiger partial charge in [-0.1, -0.05) is 13.8 Å². The molecule has 0 saturated carbocycles. The Morgan fingerprint density at radius 3 is 2.69 bits per heavy atom. The molecule has 0 radical (unpaired) electrons. The summed E-state index contributed by atoms with van der Waals surface area (Å²) >= 11 is 0. The van der Waals surface area contributed by atoms with Gasteiger partial charge < -0.3 is 10.1 Å². The Kier molecular flexibility index (Phi) is 6.46. The van der Waals surface area contributed by atoms with Crippen LogP contribution >= 0.6 is 0 Å². The molecule has 1 amide bonds. The van der Waals surface area contributed by atoms with Crippen LogP contribution in [0.5, 0.6) is 0 Å². The minimum absolute atomic E-state index is 0.215. The van der Waals surface area contributed by atoms with Crippen molar-refractivity contribution in [2.45, 2.75) is 46.0 Å². The first-order valence-corrected chi connectivity index (χ1v) is 6.53. The fourth-order valence-corrected chi connectivity index (χ4v) is 1.96. The smallest absolute Gasteiger partial charge is 0.220 e. The lowest BCUT2D eigenvalue weighted by molar-refractivity contribution is -0.121. The van der Waals surface area contributed by atoms with Crippen LogP contribution in [0.15, 0.2) is 0 Å². The van der Waals surface area contributed by atoms with Crippen molar-refractivity contribution in [2.75, 3.05) is 19.8 Å². The summed E-state index contributed by atoms with van der Waals surface area (Å²) in [6, 6.07) is 0. The maximum absolute atomic E-state index is 11.5. The Bertz CT molecular complexity index is 198. The molecule has 0 spiro atoms. The number of hydrogen-bond donors (Lipinski definition) is 1. The van der Waals surface area contributed by atoms with E-state index in [0.717, 1.165) is 45.4 Å². The Labute approximate surface area is 98.9 Å². The van der Waals surface area contributed by atoms with E-state index in [0.29, 0.717) is 18.3 Å². The first kappa shape index (κ1) is 13.5. The molecule has 3 nitrogen and oxygen atoms in total. The average Bonchev–Trinajstić information content (AvgIpc) is 2.27. The largest absolute Gasteiger partial charge is 0.381 e. The van der Waals surface area contributed by atoms with Crippen LogP contribution in [0.3, 0.4) is 0 Å². The normalized spacial score (nSPS) is 17.7. The highest BCUT2D eigenvalue weighted by molar-refractivity contribution is 5.75. The van der Waals surface area contributed by atoms with Gasteiger partial charge in [-0.25, -0.2) is 0 Å². The molecule has 0 aromatic carbocycles. The topological polar surface area (TPSA) is 38.3 Å². The molecule has 1 rings (SSSR count). The molecule has 0 bridgehead atoms. The SMILES string of the molecule is CC(C)CCNC(=O)CCC1CCOCC1. The van der Waals surface area contributed by atoms with Gasteiger partial charge in [0.15, 0.2) is 0 Å². The fourth-order valence-electron chi connectivity index (χ4n) is 1.96. The van der Waals surface area contributed by atoms with E-state index in [2.05, 4.69) is 19.2 Å². The van der Waals surface area contributed by atoms with Gasteiger partial charge in [-0.2, -0.15) is 0 Å². The lowest BCUT2D eigenvalue weighted by atomic mass is 9.95. The highest BCUT2D eigenvalue weighted by atomic mass is 16.5. The number of carbonyl (C=O) groups excluding carboxylic acids is 1. The van der Waals surface area contributed by atoms with Crippen LogP contribution in [0.2, 0.25) is 0 Å². The maximum Gasteiger partial charge on any atom is 0.220 e. The Balaban J connectivity index is 2.00. The Hall–Kier alpha value is -0.570. The van der Waals surface area contributed by atoms with Crippen molar-refractivity contribution in [1.29, 1.82) is 0 Å². The highest BCUT2D eigenvalue weighted by Gasteiger charge is 2.14. The summed E-state index contributed by atoms with van der Waals surface area (Å²) in [7, 11) is 0. The van der Waals surface area contributed by atoms with Crippen LogP contribution in [0, 0.1) is 11.8 Å². The van der Waals surface area contributed by atoms with Crippen LogP contribution in [-0.4, -0.2) is 25.7 Å². The van der Waals surface area contributed by atoms with E-state index in [1.54, 1.807) is 0 Å². The third-order valence-electron chi connectivity index (χ3n) is 3.16. The molecule has 1 aliphatic rings. The second kappa shape index (κ2) is 7.66. The lowest BCUT2D eigenvalue weighted by Crippen LogP contribution is -2.26. The lowest BCUT2D eigenvalue weighted by Gasteiger charge is -2.21. The number of ether oxygens (including phenoxy) is 1. The van der Waals surface area contributed by atoms with Crippen LogP contribution in [0.4, 0.5) is 0 Å². The van der Waals surface area contributed by atoms with Gasteiger partial charge in [0.05, 0.1) is 0 Å². The van der Waals surface area contributed by atoms with Crippen LogP contribution in [-0.2, 0) is 9.53 Å². The first-order chi connectivity index (χ1) is 7.68. The zero-order valence-electron chi connectivity index (χ0n) is 10.6. The summed E-state index contributed by atoms with van der Waals surface area (Å²) in [5.74, 6) is 1.58. The van der Waals surface area contributed by atoms with Crippen molar-refractivity contribution >= 4 is 5.91 Å². The number of nitrogens with one attached hydrogen (secondary N) is 1. The molecule has 1 heterocycles. The summed E-state index contributed by atoms with van der Waals surface area (Å²) in [6.45, 7) is 6.92. The molecule has 3 heteroatoms. The summed E-state index contributed by atoms with van der Waals surface area (Å²) in [5.41, 5.74) is 0. The minimum atomic E-state index is 0.215. The van der Waals surface area contributed by atoms with Crippen LogP contribution < -0.4 is 5.32 Å². The molecule has 1 saturated heterocycles. The van der Waals surface area contributed by atoms with E-state index >= 15 is 0 Å². The number of rotatable bonds is 6. The first-order valence-electron chi connectivity index (χ1n) is 6.53. The summed E-state index contributed by atoms with van der Waals surface area (Å²) < 4.78 is 5.30. The van der Waals surface area contributed by atoms with E-state index in [4.69, 9.17) is 4.74 Å². The Morgan fingerprint density at radius 1 is 1.38 bits per heavy atom. The highest BCUT2D eigenvalue weighted by Crippen LogP contribution is 2.19. The minimum Gasteiger partial charge on any atom is -0.381 e. The van der Waals surface area contributed by atoms with Gasteiger partial charge in [0, 0.05) is 26.2 Å². The van der Waals surface area contributed by atoms with E-state index in [9.17, 15) is 4.79 Å². The van der Waals surface area contributed by atoms with Crippen molar-refractivity contribution in [3.8, 4) is 0 Å². The molecule has 1 aliphatic heterocycles. The van der Waals surface area contributed by atoms with E-state index in [-0.39, 0.29) is 5.91 Å². The van der Waals surface area contributed by atoms with Crippen LogP contribution in [0.1, 0.15) is 46.0 Å². The van der Waals surface area contributed by atoms with Crippen molar-refractivity contribution in [1.82, 2.24) is 5.32 Å². The molecular weight excluding hydrogens is 202 g/mol. The zero-order valence-corrected chi connectivity index (χ0v) is 10.6. The van der Waals surface area contributed by atoms with Gasteiger partial charge in [-0.3, -0.25) is 4.79 Å². The third kappa shape index (κ3) is 6.11. The molecule has 0 aliphatic carbocycles. The van der Waals surface area contributed by atoms with Crippen molar-refractivity contribution in [2.24, 2.45) is 11.8 Å². The zero-order chi connectivity index (χ0) is 11.8. The van der Waals surface area contributed by atoms with Crippen molar-refractivity contribution in [3.05, 3.63) is 0 Å². The van der Waals surface area contributed by atoms with E-state index < -0.39 is 0 Å². The quantitative estimate of drug-likeness (QED) is 0.756. The average molecular weight is 227 g/mol. The molecule has 1 N–H and O–H groups in total. The summed E-state index contributed by atoms with van der Waals surface area (Å²) in [5, 5.41) is 2.98. The third-order valence-corrected chi connectivity index (χ3v) is 3.16. The number of carbonyl (C=O) groups is 1. The predicted octanol–water partition coefficient (Wildman–Crippen LogP) is 2.36. The standard InChI is InChI=1S/C13H25NO2/c1-11(2)5-8-14-13(15)4-3-12-6-9-16-10-7-12/h11-12H,3-10H2,1-2H3,(H,14,15). The van der Waals surface area contributed by atoms with Crippen molar-refractivity contribution < 1.29 is 9.53 Å². The predicted molar refractivity (Wildman–Crippen MR) is 65.2 cm³/mol. The number of hydrogen-bond acceptors (Lipinski definition) is 2. The number of amides is 1. The molecular formula is C13H25NO2. The molecule has 0 unspecified atom stereocenters. The molecule has 0 aromatic heterocycles. The Morgan fingerprint density at radius 2 is 2.06 bits per heavy atom. The molecule has 16 heavy (non-hydrogen) atoms. The van der Waals surface area contributed by atoms with Gasteiger partial charge in [0.25, 0.3) is 0 Å². The van der Waals surface area contributed by atoms with Gasteiger partial charge >= 0.3 is 0 Å². The van der Waals surface area contributed by atoms with Crippen LogP contribution in [0.25, 0.3) is 0 Å². The van der Waals surface area contributed by atoms with Gasteiger partial charge in [-0.05, 0) is 37.5 Å². The monoisotopic (exact) mass is 227 g/mol.